The van der Waals surface area contributed by atoms with E-state index in [0.717, 1.165) is 0 Å². The topological polar surface area (TPSA) is 84.0 Å². The van der Waals surface area contributed by atoms with Crippen LogP contribution in [0.4, 0.5) is 17.3 Å². The van der Waals surface area contributed by atoms with Crippen molar-refractivity contribution < 1.29 is 8.42 Å². The zero-order valence-electron chi connectivity index (χ0n) is 14.8. The van der Waals surface area contributed by atoms with Gasteiger partial charge < -0.3 is 5.32 Å². The highest BCUT2D eigenvalue weighted by atomic mass is 35.5. The number of hydrogen-bond acceptors (Lipinski definition) is 5. The zero-order chi connectivity index (χ0) is 20.4. The van der Waals surface area contributed by atoms with E-state index < -0.39 is 10.0 Å². The lowest BCUT2D eigenvalue weighted by Gasteiger charge is -2.14. The molecule has 0 saturated carbocycles. The molecule has 1 heterocycles. The molecule has 0 spiro atoms. The van der Waals surface area contributed by atoms with Crippen LogP contribution in [0, 0.1) is 0 Å². The van der Waals surface area contributed by atoms with E-state index >= 15 is 0 Å². The number of rotatable bonds is 5. The summed E-state index contributed by atoms with van der Waals surface area (Å²) in [4.78, 5) is 9.02. The van der Waals surface area contributed by atoms with Gasteiger partial charge in [0.1, 0.15) is 0 Å². The maximum atomic E-state index is 12.8. The maximum absolute atomic E-state index is 12.8. The van der Waals surface area contributed by atoms with Crippen molar-refractivity contribution in [2.75, 3.05) is 10.0 Å². The monoisotopic (exact) mass is 444 g/mol. The Kier molecular flexibility index (Phi) is 5.27. The van der Waals surface area contributed by atoms with Crippen LogP contribution in [0.2, 0.25) is 10.0 Å². The highest BCUT2D eigenvalue weighted by Crippen LogP contribution is 2.30. The Labute approximate surface area is 177 Å². The number of sulfonamides is 1. The van der Waals surface area contributed by atoms with Gasteiger partial charge >= 0.3 is 0 Å². The summed E-state index contributed by atoms with van der Waals surface area (Å²) in [5.41, 5.74) is 1.73. The third-order valence-electron chi connectivity index (χ3n) is 4.05. The fraction of sp³-hybridized carbons (Fsp3) is 0. The van der Waals surface area contributed by atoms with Gasteiger partial charge in [0.05, 0.1) is 26.6 Å². The quantitative estimate of drug-likeness (QED) is 0.425. The molecule has 0 aliphatic rings. The van der Waals surface area contributed by atoms with Gasteiger partial charge in [0.25, 0.3) is 10.0 Å². The minimum atomic E-state index is -3.91. The summed E-state index contributed by atoms with van der Waals surface area (Å²) in [5.74, 6) is 0.285. The molecule has 0 radical (unpaired) electrons. The van der Waals surface area contributed by atoms with E-state index in [9.17, 15) is 8.42 Å². The van der Waals surface area contributed by atoms with Crippen LogP contribution in [0.25, 0.3) is 11.0 Å². The first-order chi connectivity index (χ1) is 13.9. The van der Waals surface area contributed by atoms with Crippen molar-refractivity contribution in [1.82, 2.24) is 9.97 Å². The van der Waals surface area contributed by atoms with Crippen LogP contribution in [0.5, 0.6) is 0 Å². The number of anilines is 3. The van der Waals surface area contributed by atoms with Gasteiger partial charge in [-0.1, -0.05) is 47.5 Å². The second-order valence-corrected chi connectivity index (χ2v) is 8.60. The lowest BCUT2D eigenvalue weighted by Crippen LogP contribution is -2.16. The molecule has 0 fully saturated rings. The molecule has 0 bridgehead atoms. The normalized spacial score (nSPS) is 11.4. The SMILES string of the molecule is O=S(=O)(Nc1nc2ccccc2nc1Nc1ccccc1Cl)c1ccc(Cl)cc1. The van der Waals surface area contributed by atoms with Gasteiger partial charge in [-0.15, -0.1) is 0 Å². The molecule has 2 N–H and O–H groups in total. The third-order valence-corrected chi connectivity index (χ3v) is 5.99. The first-order valence-electron chi connectivity index (χ1n) is 8.49. The molecule has 3 aromatic carbocycles. The first kappa shape index (κ1) is 19.4. The van der Waals surface area contributed by atoms with E-state index in [2.05, 4.69) is 20.0 Å². The highest BCUT2D eigenvalue weighted by molar-refractivity contribution is 7.92. The molecule has 6 nitrogen and oxygen atoms in total. The Hall–Kier alpha value is -2.87. The zero-order valence-corrected chi connectivity index (χ0v) is 17.1. The number of nitrogens with one attached hydrogen (secondary N) is 2. The average molecular weight is 445 g/mol. The van der Waals surface area contributed by atoms with Crippen LogP contribution >= 0.6 is 23.2 Å². The van der Waals surface area contributed by atoms with Crippen molar-refractivity contribution in [3.8, 4) is 0 Å². The number of benzene rings is 3. The number of halogens is 2. The van der Waals surface area contributed by atoms with Gasteiger partial charge in [0.15, 0.2) is 11.6 Å². The van der Waals surface area contributed by atoms with E-state index in [1.807, 2.05) is 6.07 Å². The van der Waals surface area contributed by atoms with Crippen molar-refractivity contribution in [2.45, 2.75) is 4.90 Å². The molecule has 0 atom stereocenters. The maximum Gasteiger partial charge on any atom is 0.263 e. The Balaban J connectivity index is 1.79. The molecule has 4 rings (SSSR count). The highest BCUT2D eigenvalue weighted by Gasteiger charge is 2.19. The molecule has 146 valence electrons. The molecular formula is C20H14Cl2N4O2S. The minimum Gasteiger partial charge on any atom is -0.336 e. The molecule has 0 saturated heterocycles. The van der Waals surface area contributed by atoms with E-state index in [4.69, 9.17) is 23.2 Å². The first-order valence-corrected chi connectivity index (χ1v) is 10.7. The van der Waals surface area contributed by atoms with Gasteiger partial charge in [-0.2, -0.15) is 0 Å². The van der Waals surface area contributed by atoms with Crippen LogP contribution in [0.1, 0.15) is 0 Å². The molecular weight excluding hydrogens is 431 g/mol. The number of para-hydroxylation sites is 3. The van der Waals surface area contributed by atoms with Gasteiger partial charge in [-0.25, -0.2) is 18.4 Å². The summed E-state index contributed by atoms with van der Waals surface area (Å²) in [5, 5.41) is 3.97. The average Bonchev–Trinajstić information content (AvgIpc) is 2.70. The molecule has 1 aromatic heterocycles. The molecule has 0 amide bonds. The molecule has 29 heavy (non-hydrogen) atoms. The summed E-state index contributed by atoms with van der Waals surface area (Å²) in [6.45, 7) is 0. The van der Waals surface area contributed by atoms with Crippen molar-refractivity contribution in [1.29, 1.82) is 0 Å². The lowest BCUT2D eigenvalue weighted by atomic mass is 10.3. The predicted molar refractivity (Wildman–Crippen MR) is 117 cm³/mol. The Morgan fingerprint density at radius 3 is 1.97 bits per heavy atom. The van der Waals surface area contributed by atoms with Crippen LogP contribution in [0.3, 0.4) is 0 Å². The standard InChI is InChI=1S/C20H14Cl2N4O2S/c21-13-9-11-14(12-10-13)29(27,28)26-20-19(23-16-6-2-1-5-15(16)22)24-17-7-3-4-8-18(17)25-20/h1-12H,(H,23,24)(H,25,26). The molecule has 0 aliphatic carbocycles. The van der Waals surface area contributed by atoms with Crippen LogP contribution in [-0.2, 0) is 10.0 Å². The molecule has 4 aromatic rings. The van der Waals surface area contributed by atoms with Crippen molar-refractivity contribution in [2.24, 2.45) is 0 Å². The smallest absolute Gasteiger partial charge is 0.263 e. The summed E-state index contributed by atoms with van der Waals surface area (Å²) in [7, 11) is -3.91. The Morgan fingerprint density at radius 1 is 0.724 bits per heavy atom. The summed E-state index contributed by atoms with van der Waals surface area (Å²) in [6.07, 6.45) is 0. The largest absolute Gasteiger partial charge is 0.336 e. The second-order valence-electron chi connectivity index (χ2n) is 6.07. The fourth-order valence-electron chi connectivity index (χ4n) is 2.65. The summed E-state index contributed by atoms with van der Waals surface area (Å²) < 4.78 is 28.2. The molecule has 0 aliphatic heterocycles. The lowest BCUT2D eigenvalue weighted by molar-refractivity contribution is 0.601. The number of aromatic nitrogens is 2. The van der Waals surface area contributed by atoms with E-state index in [0.29, 0.717) is 26.8 Å². The van der Waals surface area contributed by atoms with E-state index in [-0.39, 0.29) is 16.5 Å². The fourth-order valence-corrected chi connectivity index (χ4v) is 3.97. The Bertz CT molecular complexity index is 1300. The van der Waals surface area contributed by atoms with Crippen molar-refractivity contribution in [3.05, 3.63) is 82.8 Å². The van der Waals surface area contributed by atoms with Gasteiger partial charge in [0, 0.05) is 5.02 Å². The van der Waals surface area contributed by atoms with Crippen molar-refractivity contribution in [3.63, 3.8) is 0 Å². The van der Waals surface area contributed by atoms with E-state index in [1.165, 1.54) is 24.3 Å². The second kappa shape index (κ2) is 7.87. The van der Waals surface area contributed by atoms with Gasteiger partial charge in [-0.3, -0.25) is 4.72 Å². The van der Waals surface area contributed by atoms with Crippen LogP contribution < -0.4 is 10.0 Å². The molecule has 9 heteroatoms. The van der Waals surface area contributed by atoms with Crippen LogP contribution in [0.15, 0.2) is 77.7 Å². The predicted octanol–water partition coefficient (Wildman–Crippen LogP) is 5.48. The van der Waals surface area contributed by atoms with Crippen molar-refractivity contribution >= 4 is 61.6 Å². The number of nitrogens with zero attached hydrogens (tertiary/aromatic N) is 2. The van der Waals surface area contributed by atoms with Crippen LogP contribution in [-0.4, -0.2) is 18.4 Å². The summed E-state index contributed by atoms with van der Waals surface area (Å²) >= 11 is 12.1. The summed E-state index contributed by atoms with van der Waals surface area (Å²) in [6, 6.07) is 20.1. The van der Waals surface area contributed by atoms with E-state index in [1.54, 1.807) is 42.5 Å². The molecule has 0 unspecified atom stereocenters. The minimum absolute atomic E-state index is 0.0542. The Morgan fingerprint density at radius 2 is 1.31 bits per heavy atom. The van der Waals surface area contributed by atoms with Gasteiger partial charge in [-0.05, 0) is 48.5 Å². The number of hydrogen-bond donors (Lipinski definition) is 2. The van der Waals surface area contributed by atoms with Gasteiger partial charge in [0.2, 0.25) is 0 Å². The number of fused-ring (bicyclic) bond motifs is 1. The third kappa shape index (κ3) is 4.27.